The highest BCUT2D eigenvalue weighted by atomic mass is 32.2. The molecule has 2 heteroatoms. The number of rotatable bonds is 9. The van der Waals surface area contributed by atoms with Gasteiger partial charge in [-0.15, -0.1) is 0 Å². The zero-order chi connectivity index (χ0) is 11.7. The van der Waals surface area contributed by atoms with Crippen LogP contribution in [0.15, 0.2) is 0 Å². The first-order valence-corrected chi connectivity index (χ1v) is 7.53. The zero-order valence-corrected chi connectivity index (χ0v) is 12.0. The third-order valence-corrected chi connectivity index (χ3v) is 4.16. The lowest BCUT2D eigenvalue weighted by atomic mass is 9.95. The van der Waals surface area contributed by atoms with Crippen molar-refractivity contribution in [3.63, 3.8) is 0 Å². The van der Waals surface area contributed by atoms with Gasteiger partial charge in [0.05, 0.1) is 0 Å². The molecular formula is C13H29NS. The molecule has 0 heterocycles. The van der Waals surface area contributed by atoms with Gasteiger partial charge in [0, 0.05) is 11.8 Å². The standard InChI is InChI=1S/C13H29NS/c1-6-12(7-2)9-13(14-8-3)10-15-11(4)5/h11-14H,6-10H2,1-5H3. The molecule has 0 radical (unpaired) electrons. The van der Waals surface area contributed by atoms with Crippen molar-refractivity contribution in [2.75, 3.05) is 12.3 Å². The second kappa shape index (κ2) is 9.53. The first-order valence-electron chi connectivity index (χ1n) is 6.48. The van der Waals surface area contributed by atoms with Gasteiger partial charge in [-0.25, -0.2) is 0 Å². The van der Waals surface area contributed by atoms with Gasteiger partial charge in [0.2, 0.25) is 0 Å². The molecule has 15 heavy (non-hydrogen) atoms. The van der Waals surface area contributed by atoms with Gasteiger partial charge in [-0.2, -0.15) is 11.8 Å². The summed E-state index contributed by atoms with van der Waals surface area (Å²) < 4.78 is 0. The van der Waals surface area contributed by atoms with Crippen molar-refractivity contribution >= 4 is 11.8 Å². The second-order valence-electron chi connectivity index (χ2n) is 4.55. The van der Waals surface area contributed by atoms with E-state index in [0.29, 0.717) is 6.04 Å². The summed E-state index contributed by atoms with van der Waals surface area (Å²) in [6.45, 7) is 12.5. The predicted molar refractivity (Wildman–Crippen MR) is 73.7 cm³/mol. The van der Waals surface area contributed by atoms with Crippen molar-refractivity contribution in [1.82, 2.24) is 5.32 Å². The van der Waals surface area contributed by atoms with Gasteiger partial charge in [-0.05, 0) is 24.1 Å². The largest absolute Gasteiger partial charge is 0.313 e. The minimum Gasteiger partial charge on any atom is -0.313 e. The molecular weight excluding hydrogens is 202 g/mol. The maximum absolute atomic E-state index is 3.62. The molecule has 0 rings (SSSR count). The minimum atomic E-state index is 0.715. The van der Waals surface area contributed by atoms with Gasteiger partial charge in [-0.3, -0.25) is 0 Å². The quantitative estimate of drug-likeness (QED) is 0.645. The highest BCUT2D eigenvalue weighted by Crippen LogP contribution is 2.19. The van der Waals surface area contributed by atoms with Crippen molar-refractivity contribution in [3.05, 3.63) is 0 Å². The van der Waals surface area contributed by atoms with Crippen LogP contribution in [0.4, 0.5) is 0 Å². The van der Waals surface area contributed by atoms with Crippen LogP contribution in [-0.4, -0.2) is 23.6 Å². The van der Waals surface area contributed by atoms with E-state index in [2.05, 4.69) is 51.7 Å². The molecule has 0 saturated heterocycles. The number of thioether (sulfide) groups is 1. The van der Waals surface area contributed by atoms with Gasteiger partial charge in [0.1, 0.15) is 0 Å². The summed E-state index contributed by atoms with van der Waals surface area (Å²) in [5.74, 6) is 2.17. The van der Waals surface area contributed by atoms with Crippen LogP contribution in [0.1, 0.15) is 53.9 Å². The summed E-state index contributed by atoms with van der Waals surface area (Å²) in [6.07, 6.45) is 4.00. The van der Waals surface area contributed by atoms with Crippen LogP contribution < -0.4 is 5.32 Å². The molecule has 0 fully saturated rings. The highest BCUT2D eigenvalue weighted by molar-refractivity contribution is 7.99. The molecule has 0 amide bonds. The SMILES string of the molecule is CCNC(CSC(C)C)CC(CC)CC. The van der Waals surface area contributed by atoms with Crippen LogP contribution in [0, 0.1) is 5.92 Å². The number of hydrogen-bond acceptors (Lipinski definition) is 2. The lowest BCUT2D eigenvalue weighted by molar-refractivity contribution is 0.388. The van der Waals surface area contributed by atoms with E-state index in [1.54, 1.807) is 0 Å². The Bertz CT molecular complexity index is 132. The van der Waals surface area contributed by atoms with E-state index in [1.165, 1.54) is 25.0 Å². The van der Waals surface area contributed by atoms with Crippen molar-refractivity contribution < 1.29 is 0 Å². The molecule has 1 nitrogen and oxygen atoms in total. The number of hydrogen-bond donors (Lipinski definition) is 1. The normalized spacial score (nSPS) is 13.8. The maximum Gasteiger partial charge on any atom is 0.0160 e. The van der Waals surface area contributed by atoms with Gasteiger partial charge in [-0.1, -0.05) is 47.5 Å². The zero-order valence-electron chi connectivity index (χ0n) is 11.2. The molecule has 0 spiro atoms. The van der Waals surface area contributed by atoms with E-state index < -0.39 is 0 Å². The van der Waals surface area contributed by atoms with Crippen LogP contribution in [0.3, 0.4) is 0 Å². The van der Waals surface area contributed by atoms with E-state index in [0.717, 1.165) is 17.7 Å². The Morgan fingerprint density at radius 1 is 1.07 bits per heavy atom. The third-order valence-electron chi connectivity index (χ3n) is 2.90. The van der Waals surface area contributed by atoms with E-state index in [4.69, 9.17) is 0 Å². The van der Waals surface area contributed by atoms with Gasteiger partial charge in [0.15, 0.2) is 0 Å². The lowest BCUT2D eigenvalue weighted by Crippen LogP contribution is -2.33. The fourth-order valence-corrected chi connectivity index (χ4v) is 2.70. The smallest absolute Gasteiger partial charge is 0.0160 e. The summed E-state index contributed by atoms with van der Waals surface area (Å²) in [5, 5.41) is 4.37. The van der Waals surface area contributed by atoms with E-state index in [1.807, 2.05) is 0 Å². The topological polar surface area (TPSA) is 12.0 Å². The van der Waals surface area contributed by atoms with E-state index in [9.17, 15) is 0 Å². The molecule has 0 aliphatic carbocycles. The van der Waals surface area contributed by atoms with Gasteiger partial charge >= 0.3 is 0 Å². The third kappa shape index (κ3) is 8.15. The van der Waals surface area contributed by atoms with Crippen molar-refractivity contribution in [2.45, 2.75) is 65.2 Å². The number of nitrogens with one attached hydrogen (secondary N) is 1. The van der Waals surface area contributed by atoms with Crippen molar-refractivity contribution in [1.29, 1.82) is 0 Å². The highest BCUT2D eigenvalue weighted by Gasteiger charge is 2.13. The van der Waals surface area contributed by atoms with Crippen LogP contribution in [-0.2, 0) is 0 Å². The van der Waals surface area contributed by atoms with Gasteiger partial charge < -0.3 is 5.32 Å². The van der Waals surface area contributed by atoms with Crippen LogP contribution >= 0.6 is 11.8 Å². The Kier molecular flexibility index (Phi) is 9.73. The molecule has 0 saturated carbocycles. The first kappa shape index (κ1) is 15.3. The summed E-state index contributed by atoms with van der Waals surface area (Å²) in [4.78, 5) is 0. The fourth-order valence-electron chi connectivity index (χ4n) is 1.83. The maximum atomic E-state index is 3.62. The Balaban J connectivity index is 3.90. The molecule has 0 aromatic rings. The fraction of sp³-hybridized carbons (Fsp3) is 1.00. The summed E-state index contributed by atoms with van der Waals surface area (Å²) in [5.41, 5.74) is 0. The van der Waals surface area contributed by atoms with Crippen LogP contribution in [0.5, 0.6) is 0 Å². The Hall–Kier alpha value is 0.310. The monoisotopic (exact) mass is 231 g/mol. The molecule has 1 unspecified atom stereocenters. The Labute approximate surface area is 101 Å². The molecule has 0 aromatic carbocycles. The Morgan fingerprint density at radius 2 is 1.67 bits per heavy atom. The minimum absolute atomic E-state index is 0.715. The molecule has 0 aliphatic rings. The second-order valence-corrected chi connectivity index (χ2v) is 6.16. The van der Waals surface area contributed by atoms with Crippen LogP contribution in [0.25, 0.3) is 0 Å². The first-order chi connectivity index (χ1) is 7.13. The molecule has 0 aliphatic heterocycles. The van der Waals surface area contributed by atoms with Crippen molar-refractivity contribution in [2.24, 2.45) is 5.92 Å². The summed E-state index contributed by atoms with van der Waals surface area (Å²) >= 11 is 2.08. The molecule has 0 aromatic heterocycles. The average Bonchev–Trinajstić information content (AvgIpc) is 2.22. The van der Waals surface area contributed by atoms with E-state index >= 15 is 0 Å². The Morgan fingerprint density at radius 3 is 2.07 bits per heavy atom. The summed E-state index contributed by atoms with van der Waals surface area (Å²) in [7, 11) is 0. The van der Waals surface area contributed by atoms with Crippen LogP contribution in [0.2, 0.25) is 0 Å². The van der Waals surface area contributed by atoms with E-state index in [-0.39, 0.29) is 0 Å². The lowest BCUT2D eigenvalue weighted by Gasteiger charge is -2.23. The molecule has 0 bridgehead atoms. The van der Waals surface area contributed by atoms with Crippen molar-refractivity contribution in [3.8, 4) is 0 Å². The predicted octanol–water partition coefficient (Wildman–Crippen LogP) is 3.93. The molecule has 92 valence electrons. The molecule has 1 atom stereocenters. The molecule has 1 N–H and O–H groups in total. The average molecular weight is 231 g/mol. The van der Waals surface area contributed by atoms with Gasteiger partial charge in [0.25, 0.3) is 0 Å². The summed E-state index contributed by atoms with van der Waals surface area (Å²) in [6, 6.07) is 0.715.